The van der Waals surface area contributed by atoms with E-state index in [1.165, 1.54) is 13.2 Å². The first-order valence-corrected chi connectivity index (χ1v) is 8.71. The van der Waals surface area contributed by atoms with Crippen LogP contribution >= 0.6 is 0 Å². The molecule has 0 bridgehead atoms. The molecular weight excluding hydrogens is 348 g/mol. The molecule has 3 rings (SSSR count). The Labute approximate surface area is 157 Å². The zero-order valence-electron chi connectivity index (χ0n) is 15.6. The Morgan fingerprint density at radius 3 is 2.52 bits per heavy atom. The van der Waals surface area contributed by atoms with Crippen molar-refractivity contribution in [3.63, 3.8) is 0 Å². The van der Waals surface area contributed by atoms with Crippen LogP contribution in [0.1, 0.15) is 32.8 Å². The minimum absolute atomic E-state index is 0.136. The van der Waals surface area contributed by atoms with Crippen molar-refractivity contribution in [2.24, 2.45) is 7.05 Å². The molecule has 27 heavy (non-hydrogen) atoms. The Kier molecular flexibility index (Phi) is 5.30. The van der Waals surface area contributed by atoms with E-state index in [1.54, 1.807) is 46.8 Å². The molecule has 7 nitrogen and oxygen atoms in total. The van der Waals surface area contributed by atoms with Crippen molar-refractivity contribution >= 4 is 11.9 Å². The van der Waals surface area contributed by atoms with Crippen molar-refractivity contribution in [2.45, 2.75) is 19.4 Å². The minimum atomic E-state index is -0.540. The van der Waals surface area contributed by atoms with Crippen LogP contribution in [0.5, 0.6) is 5.75 Å². The fraction of sp³-hybridized carbons (Fsp3) is 0.350. The molecule has 1 aromatic heterocycles. The maximum Gasteiger partial charge on any atom is 0.338 e. The van der Waals surface area contributed by atoms with Gasteiger partial charge in [0.2, 0.25) is 0 Å². The van der Waals surface area contributed by atoms with Gasteiger partial charge in [-0.3, -0.25) is 9.59 Å². The molecule has 0 saturated carbocycles. The first kappa shape index (κ1) is 18.7. The highest BCUT2D eigenvalue weighted by atomic mass is 16.5. The third kappa shape index (κ3) is 3.86. The SMILES string of the molecule is COC(=O)c1ccccc1C(=O)N1CCC(Oc2cc(C)n(C)c(=O)c2)C1. The summed E-state index contributed by atoms with van der Waals surface area (Å²) in [5, 5.41) is 0. The number of likely N-dealkylation sites (tertiary alicyclic amines) is 1. The van der Waals surface area contributed by atoms with E-state index < -0.39 is 5.97 Å². The lowest BCUT2D eigenvalue weighted by molar-refractivity contribution is 0.0591. The predicted molar refractivity (Wildman–Crippen MR) is 99.1 cm³/mol. The molecule has 7 heteroatoms. The number of carbonyl (C=O) groups excluding carboxylic acids is 2. The smallest absolute Gasteiger partial charge is 0.338 e. The van der Waals surface area contributed by atoms with Crippen molar-refractivity contribution in [3.05, 3.63) is 63.6 Å². The number of amides is 1. The molecule has 0 aliphatic carbocycles. The van der Waals surface area contributed by atoms with Gasteiger partial charge in [-0.1, -0.05) is 12.1 Å². The highest BCUT2D eigenvalue weighted by Gasteiger charge is 2.30. The first-order valence-electron chi connectivity index (χ1n) is 8.71. The molecule has 0 N–H and O–H groups in total. The van der Waals surface area contributed by atoms with Crippen molar-refractivity contribution in [3.8, 4) is 5.75 Å². The number of aryl methyl sites for hydroxylation is 1. The largest absolute Gasteiger partial charge is 0.488 e. The van der Waals surface area contributed by atoms with Crippen LogP contribution in [0.3, 0.4) is 0 Å². The Balaban J connectivity index is 1.72. The molecule has 2 heterocycles. The summed E-state index contributed by atoms with van der Waals surface area (Å²) in [6.45, 7) is 2.74. The molecule has 0 radical (unpaired) electrons. The second kappa shape index (κ2) is 7.65. The van der Waals surface area contributed by atoms with Crippen LogP contribution in [0.2, 0.25) is 0 Å². The van der Waals surface area contributed by atoms with Gasteiger partial charge in [0.1, 0.15) is 11.9 Å². The van der Waals surface area contributed by atoms with Crippen molar-refractivity contribution in [2.75, 3.05) is 20.2 Å². The monoisotopic (exact) mass is 370 g/mol. The molecular formula is C20H22N2O5. The average Bonchev–Trinajstić information content (AvgIpc) is 3.13. The summed E-state index contributed by atoms with van der Waals surface area (Å²) in [7, 11) is 2.99. The first-order chi connectivity index (χ1) is 12.9. The molecule has 1 aromatic carbocycles. The highest BCUT2D eigenvalue weighted by Crippen LogP contribution is 2.21. The maximum absolute atomic E-state index is 12.8. The van der Waals surface area contributed by atoms with Crippen molar-refractivity contribution in [1.82, 2.24) is 9.47 Å². The molecule has 142 valence electrons. The number of pyridine rings is 1. The number of carbonyl (C=O) groups is 2. The lowest BCUT2D eigenvalue weighted by Crippen LogP contribution is -2.32. The second-order valence-electron chi connectivity index (χ2n) is 6.55. The Hall–Kier alpha value is -3.09. The number of nitrogens with zero attached hydrogens (tertiary/aromatic N) is 2. The molecule has 2 aromatic rings. The maximum atomic E-state index is 12.8. The molecule has 1 aliphatic rings. The van der Waals surface area contributed by atoms with Gasteiger partial charge in [0, 0.05) is 31.8 Å². The number of esters is 1. The normalized spacial score (nSPS) is 16.3. The van der Waals surface area contributed by atoms with E-state index in [-0.39, 0.29) is 23.1 Å². The van der Waals surface area contributed by atoms with Gasteiger partial charge in [-0.15, -0.1) is 0 Å². The summed E-state index contributed by atoms with van der Waals surface area (Å²) in [5.41, 5.74) is 1.23. The summed E-state index contributed by atoms with van der Waals surface area (Å²) in [6, 6.07) is 9.85. The van der Waals surface area contributed by atoms with Gasteiger partial charge in [0.05, 0.1) is 24.8 Å². The van der Waals surface area contributed by atoms with Gasteiger partial charge in [-0.25, -0.2) is 4.79 Å². The number of hydrogen-bond donors (Lipinski definition) is 0. The topological polar surface area (TPSA) is 77.8 Å². The molecule has 1 fully saturated rings. The van der Waals surface area contributed by atoms with Crippen molar-refractivity contribution < 1.29 is 19.1 Å². The minimum Gasteiger partial charge on any atom is -0.488 e. The van der Waals surface area contributed by atoms with E-state index in [2.05, 4.69) is 0 Å². The summed E-state index contributed by atoms with van der Waals surface area (Å²) < 4.78 is 12.2. The molecule has 1 aliphatic heterocycles. The standard InChI is InChI=1S/C20H22N2O5/c1-13-10-15(11-18(23)21(13)2)27-14-8-9-22(12-14)19(24)16-6-4-5-7-17(16)20(25)26-3/h4-7,10-11,14H,8-9,12H2,1-3H3. The fourth-order valence-corrected chi connectivity index (χ4v) is 3.13. The fourth-order valence-electron chi connectivity index (χ4n) is 3.13. The van der Waals surface area contributed by atoms with E-state index in [4.69, 9.17) is 9.47 Å². The van der Waals surface area contributed by atoms with Crippen LogP contribution < -0.4 is 10.3 Å². The number of benzene rings is 1. The number of methoxy groups -OCH3 is 1. The van der Waals surface area contributed by atoms with Gasteiger partial charge in [-0.05, 0) is 25.1 Å². The molecule has 1 unspecified atom stereocenters. The predicted octanol–water partition coefficient (Wildman–Crippen LogP) is 1.77. The Bertz CT molecular complexity index is 934. The number of rotatable bonds is 4. The lowest BCUT2D eigenvalue weighted by Gasteiger charge is -2.19. The van der Waals surface area contributed by atoms with Crippen LogP contribution in [0.4, 0.5) is 0 Å². The zero-order chi connectivity index (χ0) is 19.6. The van der Waals surface area contributed by atoms with E-state index in [1.807, 2.05) is 6.92 Å². The van der Waals surface area contributed by atoms with E-state index in [0.717, 1.165) is 5.69 Å². The van der Waals surface area contributed by atoms with Gasteiger partial charge < -0.3 is 18.9 Å². The van der Waals surface area contributed by atoms with Crippen molar-refractivity contribution in [1.29, 1.82) is 0 Å². The van der Waals surface area contributed by atoms with Crippen LogP contribution in [0.15, 0.2) is 41.2 Å². The molecule has 1 amide bonds. The number of aromatic nitrogens is 1. The third-order valence-electron chi connectivity index (χ3n) is 4.77. The summed E-state index contributed by atoms with van der Waals surface area (Å²) in [6.07, 6.45) is 0.450. The molecule has 0 spiro atoms. The second-order valence-corrected chi connectivity index (χ2v) is 6.55. The molecule has 1 atom stereocenters. The van der Waals surface area contributed by atoms with Crippen LogP contribution in [0, 0.1) is 6.92 Å². The Morgan fingerprint density at radius 1 is 1.15 bits per heavy atom. The lowest BCUT2D eigenvalue weighted by atomic mass is 10.1. The quantitative estimate of drug-likeness (QED) is 0.767. The van der Waals surface area contributed by atoms with E-state index in [0.29, 0.717) is 30.8 Å². The van der Waals surface area contributed by atoms with E-state index in [9.17, 15) is 14.4 Å². The summed E-state index contributed by atoms with van der Waals surface area (Å²) in [4.78, 5) is 38.3. The van der Waals surface area contributed by atoms with E-state index >= 15 is 0 Å². The van der Waals surface area contributed by atoms with Gasteiger partial charge in [0.15, 0.2) is 0 Å². The number of hydrogen-bond acceptors (Lipinski definition) is 5. The summed E-state index contributed by atoms with van der Waals surface area (Å²) >= 11 is 0. The Morgan fingerprint density at radius 2 is 1.85 bits per heavy atom. The average molecular weight is 370 g/mol. The zero-order valence-corrected chi connectivity index (χ0v) is 15.6. The van der Waals surface area contributed by atoms with Crippen LogP contribution in [0.25, 0.3) is 0 Å². The summed E-state index contributed by atoms with van der Waals surface area (Å²) in [5.74, 6) is -0.270. The number of ether oxygens (including phenoxy) is 2. The van der Waals surface area contributed by atoms with Crippen LogP contribution in [-0.4, -0.2) is 47.6 Å². The van der Waals surface area contributed by atoms with Gasteiger partial charge in [0.25, 0.3) is 11.5 Å². The third-order valence-corrected chi connectivity index (χ3v) is 4.77. The van der Waals surface area contributed by atoms with Crippen LogP contribution in [-0.2, 0) is 11.8 Å². The highest BCUT2D eigenvalue weighted by molar-refractivity contribution is 6.05. The van der Waals surface area contributed by atoms with Gasteiger partial charge >= 0.3 is 5.97 Å². The van der Waals surface area contributed by atoms with Gasteiger partial charge in [-0.2, -0.15) is 0 Å². The molecule has 1 saturated heterocycles.